The molecule has 0 bridgehead atoms. The number of rotatable bonds is 3. The molecule has 0 saturated carbocycles. The summed E-state index contributed by atoms with van der Waals surface area (Å²) >= 11 is 1.44. The first-order valence-electron chi connectivity index (χ1n) is 6.23. The predicted molar refractivity (Wildman–Crippen MR) is 79.7 cm³/mol. The van der Waals surface area contributed by atoms with E-state index in [2.05, 4.69) is 20.6 Å². The summed E-state index contributed by atoms with van der Waals surface area (Å²) in [6.45, 7) is 3.30. The summed E-state index contributed by atoms with van der Waals surface area (Å²) in [5.74, 6) is 1.19. The van der Waals surface area contributed by atoms with E-state index in [0.717, 1.165) is 21.4 Å². The summed E-state index contributed by atoms with van der Waals surface area (Å²) in [6, 6.07) is 5.53. The van der Waals surface area contributed by atoms with Crippen LogP contribution in [0.25, 0.3) is 15.5 Å². The summed E-state index contributed by atoms with van der Waals surface area (Å²) in [4.78, 5) is 12.0. The molecule has 0 aliphatic heterocycles. The van der Waals surface area contributed by atoms with E-state index in [1.54, 1.807) is 17.7 Å². The third kappa shape index (κ3) is 2.45. The van der Waals surface area contributed by atoms with Crippen molar-refractivity contribution in [3.8, 4) is 16.3 Å². The number of anilines is 1. The second kappa shape index (κ2) is 5.13. The molecule has 3 aromatic rings. The summed E-state index contributed by atoms with van der Waals surface area (Å²) in [7, 11) is 1.56. The predicted octanol–water partition coefficient (Wildman–Crippen LogP) is 2.13. The van der Waals surface area contributed by atoms with Gasteiger partial charge in [0.2, 0.25) is 10.9 Å². The average molecular weight is 303 g/mol. The van der Waals surface area contributed by atoms with Crippen molar-refractivity contribution in [2.24, 2.45) is 0 Å². The van der Waals surface area contributed by atoms with Crippen molar-refractivity contribution in [3.05, 3.63) is 24.0 Å². The molecule has 0 aliphatic carbocycles. The lowest BCUT2D eigenvalue weighted by Gasteiger charge is -2.09. The highest BCUT2D eigenvalue weighted by Crippen LogP contribution is 2.32. The number of amides is 1. The Morgan fingerprint density at radius 1 is 1.38 bits per heavy atom. The second-order valence-corrected chi connectivity index (χ2v) is 5.40. The SMILES string of the molecule is COc1ccc(-c2nn3c(C)nnc3s2)cc1NC(C)=O. The number of aromatic nitrogens is 4. The maximum absolute atomic E-state index is 11.3. The lowest BCUT2D eigenvalue weighted by atomic mass is 10.2. The van der Waals surface area contributed by atoms with Gasteiger partial charge in [-0.2, -0.15) is 9.61 Å². The van der Waals surface area contributed by atoms with Gasteiger partial charge in [0.05, 0.1) is 12.8 Å². The summed E-state index contributed by atoms with van der Waals surface area (Å²) in [6.07, 6.45) is 0. The van der Waals surface area contributed by atoms with Gasteiger partial charge in [-0.25, -0.2) is 0 Å². The molecule has 7 nitrogen and oxygen atoms in total. The van der Waals surface area contributed by atoms with Crippen LogP contribution in [0.1, 0.15) is 12.7 Å². The number of methoxy groups -OCH3 is 1. The summed E-state index contributed by atoms with van der Waals surface area (Å²) in [5, 5.41) is 16.0. The van der Waals surface area contributed by atoms with E-state index in [0.29, 0.717) is 11.4 Å². The largest absolute Gasteiger partial charge is 0.495 e. The molecule has 0 aliphatic rings. The van der Waals surface area contributed by atoms with Crippen LogP contribution in [0.3, 0.4) is 0 Å². The van der Waals surface area contributed by atoms with Gasteiger partial charge in [-0.15, -0.1) is 10.2 Å². The van der Waals surface area contributed by atoms with Crippen molar-refractivity contribution >= 4 is 27.9 Å². The molecule has 0 atom stereocenters. The van der Waals surface area contributed by atoms with E-state index in [-0.39, 0.29) is 5.91 Å². The van der Waals surface area contributed by atoms with Crippen LogP contribution in [-0.2, 0) is 4.79 Å². The zero-order chi connectivity index (χ0) is 15.0. The fourth-order valence-electron chi connectivity index (χ4n) is 1.96. The Morgan fingerprint density at radius 2 is 2.19 bits per heavy atom. The molecule has 2 aromatic heterocycles. The standard InChI is InChI=1S/C13H13N5O2S/c1-7-15-16-13-18(7)17-12(21-13)9-4-5-11(20-3)10(6-9)14-8(2)19/h4-6H,1-3H3,(H,14,19). The zero-order valence-corrected chi connectivity index (χ0v) is 12.6. The molecule has 0 radical (unpaired) electrons. The first kappa shape index (κ1) is 13.5. The molecule has 1 N–H and O–H groups in total. The minimum atomic E-state index is -0.153. The zero-order valence-electron chi connectivity index (χ0n) is 11.7. The smallest absolute Gasteiger partial charge is 0.234 e. The fourth-order valence-corrected chi connectivity index (χ4v) is 2.84. The molecule has 0 spiro atoms. The van der Waals surface area contributed by atoms with Crippen molar-refractivity contribution in [3.63, 3.8) is 0 Å². The number of benzene rings is 1. The van der Waals surface area contributed by atoms with Crippen LogP contribution in [0.2, 0.25) is 0 Å². The average Bonchev–Trinajstić information content (AvgIpc) is 3.01. The molecular weight excluding hydrogens is 290 g/mol. The molecule has 21 heavy (non-hydrogen) atoms. The molecule has 3 rings (SSSR count). The maximum Gasteiger partial charge on any atom is 0.234 e. The van der Waals surface area contributed by atoms with E-state index in [9.17, 15) is 4.79 Å². The number of aryl methyl sites for hydroxylation is 1. The summed E-state index contributed by atoms with van der Waals surface area (Å²) in [5.41, 5.74) is 1.50. The van der Waals surface area contributed by atoms with Crippen LogP contribution >= 0.6 is 11.3 Å². The maximum atomic E-state index is 11.3. The molecule has 1 amide bonds. The van der Waals surface area contributed by atoms with Crippen molar-refractivity contribution in [2.45, 2.75) is 13.8 Å². The number of hydrogen-bond donors (Lipinski definition) is 1. The Kier molecular flexibility index (Phi) is 3.30. The van der Waals surface area contributed by atoms with Gasteiger partial charge in [0.1, 0.15) is 10.8 Å². The van der Waals surface area contributed by atoms with Crippen molar-refractivity contribution in [1.82, 2.24) is 19.8 Å². The number of carbonyl (C=O) groups excluding carboxylic acids is 1. The lowest BCUT2D eigenvalue weighted by Crippen LogP contribution is -2.07. The third-order valence-electron chi connectivity index (χ3n) is 2.90. The molecule has 0 fully saturated rings. The van der Waals surface area contributed by atoms with E-state index in [4.69, 9.17) is 4.74 Å². The van der Waals surface area contributed by atoms with Gasteiger partial charge >= 0.3 is 0 Å². The molecule has 108 valence electrons. The highest BCUT2D eigenvalue weighted by atomic mass is 32.1. The van der Waals surface area contributed by atoms with Gasteiger partial charge in [-0.1, -0.05) is 11.3 Å². The molecule has 0 saturated heterocycles. The van der Waals surface area contributed by atoms with Crippen LogP contribution in [-0.4, -0.2) is 32.8 Å². The van der Waals surface area contributed by atoms with Gasteiger partial charge in [0.15, 0.2) is 5.82 Å². The van der Waals surface area contributed by atoms with Crippen molar-refractivity contribution < 1.29 is 9.53 Å². The normalized spacial score (nSPS) is 10.8. The molecule has 2 heterocycles. The number of nitrogens with zero attached hydrogens (tertiary/aromatic N) is 4. The fraction of sp³-hybridized carbons (Fsp3) is 0.231. The van der Waals surface area contributed by atoms with Crippen LogP contribution in [0.4, 0.5) is 5.69 Å². The number of hydrogen-bond acceptors (Lipinski definition) is 6. The number of fused-ring (bicyclic) bond motifs is 1. The van der Waals surface area contributed by atoms with Crippen LogP contribution in [0.5, 0.6) is 5.75 Å². The van der Waals surface area contributed by atoms with Crippen LogP contribution in [0.15, 0.2) is 18.2 Å². The van der Waals surface area contributed by atoms with Crippen LogP contribution in [0, 0.1) is 6.92 Å². The highest BCUT2D eigenvalue weighted by Gasteiger charge is 2.13. The quantitative estimate of drug-likeness (QED) is 0.801. The minimum absolute atomic E-state index is 0.153. The third-order valence-corrected chi connectivity index (χ3v) is 3.85. The molecular formula is C13H13N5O2S. The van der Waals surface area contributed by atoms with Gasteiger partial charge in [-0.05, 0) is 25.1 Å². The Morgan fingerprint density at radius 3 is 2.86 bits per heavy atom. The number of carbonyl (C=O) groups is 1. The topological polar surface area (TPSA) is 81.4 Å². The monoisotopic (exact) mass is 303 g/mol. The first-order chi connectivity index (χ1) is 10.1. The van der Waals surface area contributed by atoms with E-state index >= 15 is 0 Å². The second-order valence-electron chi connectivity index (χ2n) is 4.45. The Bertz CT molecular complexity index is 823. The van der Waals surface area contributed by atoms with E-state index in [1.165, 1.54) is 18.3 Å². The lowest BCUT2D eigenvalue weighted by molar-refractivity contribution is -0.114. The first-order valence-corrected chi connectivity index (χ1v) is 7.05. The van der Waals surface area contributed by atoms with Crippen molar-refractivity contribution in [1.29, 1.82) is 0 Å². The molecule has 8 heteroatoms. The molecule has 0 unspecified atom stereocenters. The highest BCUT2D eigenvalue weighted by molar-refractivity contribution is 7.19. The van der Waals surface area contributed by atoms with E-state index in [1.807, 2.05) is 19.1 Å². The van der Waals surface area contributed by atoms with Gasteiger partial charge < -0.3 is 10.1 Å². The van der Waals surface area contributed by atoms with Gasteiger partial charge in [-0.3, -0.25) is 4.79 Å². The van der Waals surface area contributed by atoms with E-state index < -0.39 is 0 Å². The summed E-state index contributed by atoms with van der Waals surface area (Å²) < 4.78 is 6.94. The Hall–Kier alpha value is -2.48. The number of ether oxygens (including phenoxy) is 1. The van der Waals surface area contributed by atoms with Gasteiger partial charge in [0.25, 0.3) is 0 Å². The van der Waals surface area contributed by atoms with Gasteiger partial charge in [0, 0.05) is 12.5 Å². The Labute approximate surface area is 124 Å². The minimum Gasteiger partial charge on any atom is -0.495 e. The Balaban J connectivity index is 2.06. The van der Waals surface area contributed by atoms with Crippen LogP contribution < -0.4 is 10.1 Å². The van der Waals surface area contributed by atoms with Crippen molar-refractivity contribution in [2.75, 3.05) is 12.4 Å². The number of nitrogens with one attached hydrogen (secondary N) is 1. The molecule has 1 aromatic carbocycles.